The van der Waals surface area contributed by atoms with E-state index in [1.54, 1.807) is 11.0 Å². The van der Waals surface area contributed by atoms with E-state index in [1.165, 1.54) is 27.8 Å². The first kappa shape index (κ1) is 21.9. The molecular formula is C23H21FN2O5S2. The van der Waals surface area contributed by atoms with Crippen LogP contribution in [0.5, 0.6) is 11.5 Å². The van der Waals surface area contributed by atoms with Crippen molar-refractivity contribution in [2.75, 3.05) is 39.4 Å². The lowest BCUT2D eigenvalue weighted by Gasteiger charge is -2.33. The van der Waals surface area contributed by atoms with Crippen molar-refractivity contribution < 1.29 is 27.1 Å². The number of halogens is 1. The molecule has 10 heteroatoms. The van der Waals surface area contributed by atoms with Gasteiger partial charge in [-0.15, -0.1) is 11.3 Å². The van der Waals surface area contributed by atoms with Gasteiger partial charge >= 0.3 is 0 Å². The molecule has 0 aliphatic carbocycles. The molecule has 0 saturated carbocycles. The van der Waals surface area contributed by atoms with Gasteiger partial charge in [0.05, 0.1) is 9.77 Å². The van der Waals surface area contributed by atoms with Crippen LogP contribution in [0.1, 0.15) is 9.67 Å². The maximum Gasteiger partial charge on any atom is 0.264 e. The minimum atomic E-state index is -3.72. The molecule has 0 radical (unpaired) electrons. The molecule has 5 rings (SSSR count). The zero-order valence-corrected chi connectivity index (χ0v) is 19.2. The quantitative estimate of drug-likeness (QED) is 0.562. The van der Waals surface area contributed by atoms with Gasteiger partial charge in [-0.1, -0.05) is 0 Å². The van der Waals surface area contributed by atoms with Crippen molar-refractivity contribution >= 4 is 27.3 Å². The van der Waals surface area contributed by atoms with E-state index >= 15 is 0 Å². The number of thiophene rings is 1. The lowest BCUT2D eigenvalue weighted by molar-refractivity contribution is 0.0703. The van der Waals surface area contributed by atoms with Crippen molar-refractivity contribution in [3.63, 3.8) is 0 Å². The maximum absolute atomic E-state index is 13.1. The van der Waals surface area contributed by atoms with Crippen LogP contribution in [0.15, 0.2) is 59.5 Å². The third-order valence-electron chi connectivity index (χ3n) is 5.62. The highest BCUT2D eigenvalue weighted by Gasteiger charge is 2.31. The molecule has 1 amide bonds. The highest BCUT2D eigenvalue weighted by molar-refractivity contribution is 7.89. The van der Waals surface area contributed by atoms with Crippen LogP contribution in [-0.4, -0.2) is 62.9 Å². The maximum atomic E-state index is 13.1. The molecule has 2 aliphatic heterocycles. The number of rotatable bonds is 4. The standard InChI is InChI=1S/C23H21FN2O5S2/c24-17-2-4-18(5-3-17)33(28,29)26-11-9-25(10-12-26)23(27)22-8-7-21(32-22)16-1-6-19-20(15-16)31-14-13-30-19/h1-8,15H,9-14H2. The summed E-state index contributed by atoms with van der Waals surface area (Å²) in [6.07, 6.45) is 0. The van der Waals surface area contributed by atoms with Gasteiger partial charge < -0.3 is 14.4 Å². The molecule has 172 valence electrons. The lowest BCUT2D eigenvalue weighted by Crippen LogP contribution is -2.50. The molecule has 0 unspecified atom stereocenters. The van der Waals surface area contributed by atoms with Crippen molar-refractivity contribution in [3.8, 4) is 21.9 Å². The van der Waals surface area contributed by atoms with Crippen LogP contribution in [0.4, 0.5) is 4.39 Å². The molecule has 1 fully saturated rings. The Morgan fingerprint density at radius 3 is 2.30 bits per heavy atom. The van der Waals surface area contributed by atoms with Gasteiger partial charge in [0.15, 0.2) is 11.5 Å². The molecule has 0 bridgehead atoms. The van der Waals surface area contributed by atoms with Gasteiger partial charge in [-0.05, 0) is 60.2 Å². The molecule has 2 aromatic carbocycles. The van der Waals surface area contributed by atoms with Crippen LogP contribution in [0.3, 0.4) is 0 Å². The van der Waals surface area contributed by atoms with Crippen LogP contribution in [-0.2, 0) is 10.0 Å². The number of sulfonamides is 1. The second-order valence-electron chi connectivity index (χ2n) is 7.67. The smallest absolute Gasteiger partial charge is 0.264 e. The van der Waals surface area contributed by atoms with E-state index in [9.17, 15) is 17.6 Å². The van der Waals surface area contributed by atoms with Gasteiger partial charge in [-0.25, -0.2) is 12.8 Å². The van der Waals surface area contributed by atoms with Crippen molar-refractivity contribution in [3.05, 3.63) is 65.3 Å². The van der Waals surface area contributed by atoms with E-state index in [-0.39, 0.29) is 37.0 Å². The lowest BCUT2D eigenvalue weighted by atomic mass is 10.1. The van der Waals surface area contributed by atoms with Crippen molar-refractivity contribution in [2.45, 2.75) is 4.90 Å². The van der Waals surface area contributed by atoms with Crippen molar-refractivity contribution in [1.29, 1.82) is 0 Å². The SMILES string of the molecule is O=C(c1ccc(-c2ccc3c(c2)OCCO3)s1)N1CCN(S(=O)(=O)c2ccc(F)cc2)CC1. The summed E-state index contributed by atoms with van der Waals surface area (Å²) >= 11 is 1.39. The number of piperazine rings is 1. The van der Waals surface area contributed by atoms with Crippen LogP contribution in [0.2, 0.25) is 0 Å². The number of benzene rings is 2. The van der Waals surface area contributed by atoms with Gasteiger partial charge in [0, 0.05) is 31.1 Å². The molecule has 2 aliphatic rings. The monoisotopic (exact) mass is 488 g/mol. The van der Waals surface area contributed by atoms with Crippen molar-refractivity contribution in [2.24, 2.45) is 0 Å². The second-order valence-corrected chi connectivity index (χ2v) is 10.7. The average Bonchev–Trinajstić information content (AvgIpc) is 3.34. The first-order chi connectivity index (χ1) is 15.9. The number of carbonyl (C=O) groups is 1. The average molecular weight is 489 g/mol. The van der Waals surface area contributed by atoms with E-state index in [4.69, 9.17) is 9.47 Å². The Kier molecular flexibility index (Phi) is 5.81. The Balaban J connectivity index is 1.25. The minimum absolute atomic E-state index is 0.0472. The van der Waals surface area contributed by atoms with Gasteiger partial charge in [-0.3, -0.25) is 4.79 Å². The van der Waals surface area contributed by atoms with E-state index in [2.05, 4.69) is 0 Å². The third kappa shape index (κ3) is 4.33. The fraction of sp³-hybridized carbons (Fsp3) is 0.261. The van der Waals surface area contributed by atoms with Gasteiger partial charge in [0.25, 0.3) is 5.91 Å². The zero-order valence-electron chi connectivity index (χ0n) is 17.6. The Hall–Kier alpha value is -2.95. The number of nitrogens with zero attached hydrogens (tertiary/aromatic N) is 2. The minimum Gasteiger partial charge on any atom is -0.486 e. The molecular weight excluding hydrogens is 467 g/mol. The highest BCUT2D eigenvalue weighted by Crippen LogP contribution is 2.37. The topological polar surface area (TPSA) is 76.2 Å². The number of hydrogen-bond acceptors (Lipinski definition) is 6. The van der Waals surface area contributed by atoms with E-state index in [0.717, 1.165) is 22.6 Å². The molecule has 0 atom stereocenters. The second kappa shape index (κ2) is 8.77. The molecule has 1 saturated heterocycles. The summed E-state index contributed by atoms with van der Waals surface area (Å²) in [6, 6.07) is 14.2. The van der Waals surface area contributed by atoms with Crippen LogP contribution >= 0.6 is 11.3 Å². The molecule has 7 nitrogen and oxygen atoms in total. The number of ether oxygens (including phenoxy) is 2. The summed E-state index contributed by atoms with van der Waals surface area (Å²) in [5.41, 5.74) is 0.943. The molecule has 3 aromatic rings. The summed E-state index contributed by atoms with van der Waals surface area (Å²) in [5.74, 6) is 0.795. The fourth-order valence-electron chi connectivity index (χ4n) is 3.85. The number of carbonyl (C=O) groups excluding carboxylic acids is 1. The fourth-order valence-corrected chi connectivity index (χ4v) is 6.24. The van der Waals surface area contributed by atoms with Crippen molar-refractivity contribution in [1.82, 2.24) is 9.21 Å². The first-order valence-corrected chi connectivity index (χ1v) is 12.7. The van der Waals surface area contributed by atoms with E-state index in [0.29, 0.717) is 29.6 Å². The Labute approximate surface area is 195 Å². The molecule has 0 spiro atoms. The summed E-state index contributed by atoms with van der Waals surface area (Å²) in [6.45, 7) is 1.99. The zero-order chi connectivity index (χ0) is 23.0. The Morgan fingerprint density at radius 2 is 1.58 bits per heavy atom. The predicted molar refractivity (Wildman–Crippen MR) is 122 cm³/mol. The van der Waals surface area contributed by atoms with Crippen LogP contribution < -0.4 is 9.47 Å². The predicted octanol–water partition coefficient (Wildman–Crippen LogP) is 3.47. The van der Waals surface area contributed by atoms with Crippen LogP contribution in [0.25, 0.3) is 10.4 Å². The third-order valence-corrected chi connectivity index (χ3v) is 8.66. The summed E-state index contributed by atoms with van der Waals surface area (Å²) in [4.78, 5) is 16.3. The van der Waals surface area contributed by atoms with E-state index in [1.807, 2.05) is 24.3 Å². The molecule has 1 aromatic heterocycles. The number of hydrogen-bond donors (Lipinski definition) is 0. The normalized spacial score (nSPS) is 16.6. The van der Waals surface area contributed by atoms with E-state index < -0.39 is 15.8 Å². The van der Waals surface area contributed by atoms with Gasteiger partial charge in [0.1, 0.15) is 19.0 Å². The number of fused-ring (bicyclic) bond motifs is 1. The largest absolute Gasteiger partial charge is 0.486 e. The van der Waals surface area contributed by atoms with Gasteiger partial charge in [-0.2, -0.15) is 4.31 Å². The van der Waals surface area contributed by atoms with Crippen LogP contribution in [0, 0.1) is 5.82 Å². The summed E-state index contributed by atoms with van der Waals surface area (Å²) in [7, 11) is -3.72. The first-order valence-electron chi connectivity index (χ1n) is 10.5. The highest BCUT2D eigenvalue weighted by atomic mass is 32.2. The Morgan fingerprint density at radius 1 is 0.879 bits per heavy atom. The molecule has 33 heavy (non-hydrogen) atoms. The summed E-state index contributed by atoms with van der Waals surface area (Å²) in [5, 5.41) is 0. The summed E-state index contributed by atoms with van der Waals surface area (Å²) < 4.78 is 51.3. The van der Waals surface area contributed by atoms with Gasteiger partial charge in [0.2, 0.25) is 10.0 Å². The molecule has 3 heterocycles. The number of amides is 1. The Bertz CT molecular complexity index is 1280. The molecule has 0 N–H and O–H groups in total.